The van der Waals surface area contributed by atoms with E-state index in [1.807, 2.05) is 0 Å². The Morgan fingerprint density at radius 3 is 2.75 bits per heavy atom. The maximum atomic E-state index is 11.3. The van der Waals surface area contributed by atoms with Crippen LogP contribution in [-0.4, -0.2) is 17.6 Å². The van der Waals surface area contributed by atoms with Crippen LogP contribution in [0.4, 0.5) is 5.69 Å². The van der Waals surface area contributed by atoms with E-state index in [1.54, 1.807) is 12.1 Å². The van der Waals surface area contributed by atoms with Gasteiger partial charge in [-0.2, -0.15) is 0 Å². The average Bonchev–Trinajstić information content (AvgIpc) is 2.53. The van der Waals surface area contributed by atoms with E-state index in [0.29, 0.717) is 11.3 Å². The van der Waals surface area contributed by atoms with E-state index in [-0.39, 0.29) is 5.56 Å². The van der Waals surface area contributed by atoms with Gasteiger partial charge in [-0.15, -0.1) is 0 Å². The standard InChI is InChI=1S/C11H6N2O3/c12-8(14)5-4-6-2-1-3-7-9(6)13-11(16)10(7)15/h1-3H,(H2,12,14)(H,13,15,16). The molecule has 0 aromatic heterocycles. The van der Waals surface area contributed by atoms with Gasteiger partial charge in [0, 0.05) is 11.5 Å². The molecule has 1 aromatic carbocycles. The first-order chi connectivity index (χ1) is 7.59. The second-order valence-electron chi connectivity index (χ2n) is 3.13. The van der Waals surface area contributed by atoms with Crippen LogP contribution in [0.25, 0.3) is 0 Å². The molecule has 1 aliphatic heterocycles. The fourth-order valence-corrected chi connectivity index (χ4v) is 1.40. The van der Waals surface area contributed by atoms with E-state index >= 15 is 0 Å². The SMILES string of the molecule is NC(=O)C#Cc1cccc2c1NC(=O)C2=O. The minimum atomic E-state index is -0.770. The maximum Gasteiger partial charge on any atom is 0.296 e. The Morgan fingerprint density at radius 1 is 1.31 bits per heavy atom. The first-order valence-electron chi connectivity index (χ1n) is 4.40. The Bertz CT molecular complexity index is 579. The largest absolute Gasteiger partial charge is 0.359 e. The predicted octanol–water partition coefficient (Wildman–Crippen LogP) is -0.342. The maximum absolute atomic E-state index is 11.3. The first kappa shape index (κ1) is 9.93. The van der Waals surface area contributed by atoms with Crippen molar-refractivity contribution >= 4 is 23.3 Å². The van der Waals surface area contributed by atoms with Crippen molar-refractivity contribution in [3.8, 4) is 11.8 Å². The van der Waals surface area contributed by atoms with Gasteiger partial charge in [-0.3, -0.25) is 14.4 Å². The van der Waals surface area contributed by atoms with Crippen molar-refractivity contribution in [2.45, 2.75) is 0 Å². The Morgan fingerprint density at radius 2 is 2.06 bits per heavy atom. The monoisotopic (exact) mass is 214 g/mol. The minimum Gasteiger partial charge on any atom is -0.359 e. The molecule has 1 aliphatic rings. The molecule has 0 saturated heterocycles. The number of carbonyl (C=O) groups excluding carboxylic acids is 3. The molecule has 0 radical (unpaired) electrons. The Balaban J connectivity index is 2.53. The third kappa shape index (κ3) is 1.53. The number of rotatable bonds is 0. The zero-order valence-corrected chi connectivity index (χ0v) is 8.03. The van der Waals surface area contributed by atoms with Gasteiger partial charge < -0.3 is 11.1 Å². The number of nitrogens with two attached hydrogens (primary N) is 1. The molecule has 0 spiro atoms. The highest BCUT2D eigenvalue weighted by molar-refractivity contribution is 6.51. The van der Waals surface area contributed by atoms with Crippen LogP contribution in [0.5, 0.6) is 0 Å². The summed E-state index contributed by atoms with van der Waals surface area (Å²) in [5.41, 5.74) is 5.88. The fourth-order valence-electron chi connectivity index (χ4n) is 1.40. The quantitative estimate of drug-likeness (QED) is 0.457. The molecular weight excluding hydrogens is 208 g/mol. The molecular formula is C11H6N2O3. The van der Waals surface area contributed by atoms with E-state index in [2.05, 4.69) is 17.2 Å². The highest BCUT2D eigenvalue weighted by atomic mass is 16.2. The zero-order chi connectivity index (χ0) is 11.7. The first-order valence-corrected chi connectivity index (χ1v) is 4.40. The highest BCUT2D eigenvalue weighted by Gasteiger charge is 2.29. The molecule has 0 bridgehead atoms. The summed E-state index contributed by atoms with van der Waals surface area (Å²) in [6.45, 7) is 0. The molecule has 0 atom stereocenters. The van der Waals surface area contributed by atoms with Gasteiger partial charge >= 0.3 is 0 Å². The number of carbonyl (C=O) groups is 3. The minimum absolute atomic E-state index is 0.265. The molecule has 5 nitrogen and oxygen atoms in total. The van der Waals surface area contributed by atoms with Gasteiger partial charge in [0.25, 0.3) is 17.6 Å². The number of benzene rings is 1. The van der Waals surface area contributed by atoms with Gasteiger partial charge in [-0.25, -0.2) is 0 Å². The van der Waals surface area contributed by atoms with Crippen LogP contribution in [0.3, 0.4) is 0 Å². The summed E-state index contributed by atoms with van der Waals surface area (Å²) in [5, 5.41) is 2.40. The lowest BCUT2D eigenvalue weighted by Crippen LogP contribution is -2.12. The number of ketones is 1. The highest BCUT2D eigenvalue weighted by Crippen LogP contribution is 2.26. The summed E-state index contributed by atoms with van der Waals surface area (Å²) >= 11 is 0. The van der Waals surface area contributed by atoms with Crippen LogP contribution in [0, 0.1) is 11.8 Å². The van der Waals surface area contributed by atoms with Crippen LogP contribution in [-0.2, 0) is 9.59 Å². The molecule has 1 aromatic rings. The fraction of sp³-hybridized carbons (Fsp3) is 0. The number of Topliss-reactive ketones (excluding diaryl/α,β-unsaturated/α-hetero) is 1. The van der Waals surface area contributed by atoms with Crippen molar-refractivity contribution in [3.63, 3.8) is 0 Å². The lowest BCUT2D eigenvalue weighted by molar-refractivity contribution is -0.113. The summed E-state index contributed by atoms with van der Waals surface area (Å²) in [4.78, 5) is 33.0. The third-order valence-corrected chi connectivity index (χ3v) is 2.07. The molecule has 78 valence electrons. The van der Waals surface area contributed by atoms with Crippen molar-refractivity contribution < 1.29 is 14.4 Å². The predicted molar refractivity (Wildman–Crippen MR) is 55.5 cm³/mol. The number of anilines is 1. The summed E-state index contributed by atoms with van der Waals surface area (Å²) < 4.78 is 0. The number of hydrogen-bond acceptors (Lipinski definition) is 3. The van der Waals surface area contributed by atoms with Crippen LogP contribution in [0.1, 0.15) is 15.9 Å². The third-order valence-electron chi connectivity index (χ3n) is 2.07. The molecule has 5 heteroatoms. The molecule has 2 rings (SSSR count). The molecule has 0 aliphatic carbocycles. The van der Waals surface area contributed by atoms with Gasteiger partial charge in [0.2, 0.25) is 0 Å². The van der Waals surface area contributed by atoms with Crippen molar-refractivity contribution in [1.29, 1.82) is 0 Å². The van der Waals surface area contributed by atoms with E-state index < -0.39 is 17.6 Å². The smallest absolute Gasteiger partial charge is 0.296 e. The number of primary amides is 1. The Hall–Kier alpha value is -2.61. The van der Waals surface area contributed by atoms with Crippen molar-refractivity contribution in [3.05, 3.63) is 29.3 Å². The summed E-state index contributed by atoms with van der Waals surface area (Å²) in [7, 11) is 0. The molecule has 2 amide bonds. The number of nitrogens with one attached hydrogen (secondary N) is 1. The summed E-state index contributed by atoms with van der Waals surface area (Å²) in [6.07, 6.45) is 0. The van der Waals surface area contributed by atoms with Gasteiger partial charge in [-0.05, 0) is 12.1 Å². The van der Waals surface area contributed by atoms with Crippen LogP contribution < -0.4 is 11.1 Å². The van der Waals surface area contributed by atoms with Crippen molar-refractivity contribution in [1.82, 2.24) is 0 Å². The van der Waals surface area contributed by atoms with E-state index in [0.717, 1.165) is 0 Å². The molecule has 16 heavy (non-hydrogen) atoms. The van der Waals surface area contributed by atoms with E-state index in [9.17, 15) is 14.4 Å². The van der Waals surface area contributed by atoms with E-state index in [1.165, 1.54) is 6.07 Å². The average molecular weight is 214 g/mol. The van der Waals surface area contributed by atoms with Crippen LogP contribution in [0.2, 0.25) is 0 Å². The Labute approximate surface area is 90.6 Å². The number of hydrogen-bond donors (Lipinski definition) is 2. The Kier molecular flexibility index (Phi) is 2.18. The van der Waals surface area contributed by atoms with Gasteiger partial charge in [0.05, 0.1) is 11.3 Å². The molecule has 0 unspecified atom stereocenters. The van der Waals surface area contributed by atoms with Crippen molar-refractivity contribution in [2.75, 3.05) is 5.32 Å². The molecule has 1 heterocycles. The lowest BCUT2D eigenvalue weighted by Gasteiger charge is -1.99. The normalized spacial score (nSPS) is 12.5. The van der Waals surface area contributed by atoms with Crippen LogP contribution in [0.15, 0.2) is 18.2 Å². The van der Waals surface area contributed by atoms with Crippen molar-refractivity contribution in [2.24, 2.45) is 5.73 Å². The zero-order valence-electron chi connectivity index (χ0n) is 8.03. The van der Waals surface area contributed by atoms with Gasteiger partial charge in [-0.1, -0.05) is 12.0 Å². The number of para-hydroxylation sites is 1. The molecule has 0 saturated carbocycles. The van der Waals surface area contributed by atoms with Crippen LogP contribution >= 0.6 is 0 Å². The summed E-state index contributed by atoms with van der Waals surface area (Å²) in [6, 6.07) is 4.70. The topological polar surface area (TPSA) is 89.3 Å². The van der Waals surface area contributed by atoms with E-state index in [4.69, 9.17) is 5.73 Å². The second kappa shape index (κ2) is 3.51. The number of fused-ring (bicyclic) bond motifs is 1. The molecule has 3 N–H and O–H groups in total. The van der Waals surface area contributed by atoms with Gasteiger partial charge in [0.15, 0.2) is 0 Å². The summed E-state index contributed by atoms with van der Waals surface area (Å²) in [5.74, 6) is 2.58. The molecule has 0 fully saturated rings. The lowest BCUT2D eigenvalue weighted by atomic mass is 10.1. The van der Waals surface area contributed by atoms with Gasteiger partial charge in [0.1, 0.15) is 0 Å². The number of amides is 2. The second-order valence-corrected chi connectivity index (χ2v) is 3.13.